The Morgan fingerprint density at radius 2 is 1.85 bits per heavy atom. The van der Waals surface area contributed by atoms with Crippen LogP contribution in [0.15, 0.2) is 90.0 Å². The number of ether oxygens (including phenoxy) is 1. The van der Waals surface area contributed by atoms with Gasteiger partial charge in [0.15, 0.2) is 0 Å². The molecular formula is C26H21Cl2N3O3. The van der Waals surface area contributed by atoms with Gasteiger partial charge in [-0.25, -0.2) is 0 Å². The first-order valence-corrected chi connectivity index (χ1v) is 11.2. The molecule has 4 aromatic rings. The third-order valence-corrected chi connectivity index (χ3v) is 5.59. The molecule has 0 saturated heterocycles. The molecule has 1 aromatic heterocycles. The van der Waals surface area contributed by atoms with Gasteiger partial charge in [-0.3, -0.25) is 4.79 Å². The van der Waals surface area contributed by atoms with Gasteiger partial charge in [0, 0.05) is 33.3 Å². The molecule has 1 amide bonds. The van der Waals surface area contributed by atoms with Crippen LogP contribution in [0.4, 0.5) is 0 Å². The highest BCUT2D eigenvalue weighted by Gasteiger charge is 2.19. The van der Waals surface area contributed by atoms with Crippen molar-refractivity contribution in [3.8, 4) is 17.1 Å². The molecule has 0 unspecified atom stereocenters. The lowest BCUT2D eigenvalue weighted by Crippen LogP contribution is -2.30. The molecule has 0 spiro atoms. The third kappa shape index (κ3) is 5.84. The van der Waals surface area contributed by atoms with E-state index in [2.05, 4.69) is 16.7 Å². The van der Waals surface area contributed by atoms with Gasteiger partial charge < -0.3 is 14.2 Å². The summed E-state index contributed by atoms with van der Waals surface area (Å²) in [5.74, 6) is 1.08. The topological polar surface area (TPSA) is 68.5 Å². The number of hydrogen-bond donors (Lipinski definition) is 0. The van der Waals surface area contributed by atoms with Crippen LogP contribution in [0.2, 0.25) is 10.0 Å². The van der Waals surface area contributed by atoms with Crippen molar-refractivity contribution in [3.63, 3.8) is 0 Å². The highest BCUT2D eigenvalue weighted by molar-refractivity contribution is 6.31. The van der Waals surface area contributed by atoms with Gasteiger partial charge in [0.1, 0.15) is 18.9 Å². The first-order valence-electron chi connectivity index (χ1n) is 10.5. The molecule has 0 aliphatic heterocycles. The number of rotatable bonds is 9. The lowest BCUT2D eigenvalue weighted by Gasteiger charge is -2.19. The van der Waals surface area contributed by atoms with Gasteiger partial charge in [0.2, 0.25) is 11.7 Å². The maximum atomic E-state index is 13.2. The van der Waals surface area contributed by atoms with Crippen molar-refractivity contribution < 1.29 is 14.1 Å². The van der Waals surface area contributed by atoms with E-state index < -0.39 is 0 Å². The minimum atomic E-state index is -0.214. The highest BCUT2D eigenvalue weighted by atomic mass is 35.5. The smallest absolute Gasteiger partial charge is 0.254 e. The zero-order chi connectivity index (χ0) is 23.9. The van der Waals surface area contributed by atoms with Crippen molar-refractivity contribution >= 4 is 29.1 Å². The number of aromatic nitrogens is 2. The molecule has 4 rings (SSSR count). The Morgan fingerprint density at radius 1 is 1.06 bits per heavy atom. The molecule has 0 aliphatic rings. The van der Waals surface area contributed by atoms with Crippen LogP contribution in [0.3, 0.4) is 0 Å². The first-order chi connectivity index (χ1) is 16.5. The Hall–Kier alpha value is -3.61. The minimum Gasteiger partial charge on any atom is -0.489 e. The lowest BCUT2D eigenvalue weighted by atomic mass is 10.2. The van der Waals surface area contributed by atoms with Crippen LogP contribution in [0.5, 0.6) is 5.75 Å². The summed E-state index contributed by atoms with van der Waals surface area (Å²) in [6.07, 6.45) is 1.64. The van der Waals surface area contributed by atoms with Crippen LogP contribution in [0, 0.1) is 0 Å². The second kappa shape index (κ2) is 11.0. The molecule has 0 atom stereocenters. The summed E-state index contributed by atoms with van der Waals surface area (Å²) >= 11 is 12.1. The summed E-state index contributed by atoms with van der Waals surface area (Å²) in [7, 11) is 0. The normalized spacial score (nSPS) is 10.6. The van der Waals surface area contributed by atoms with Gasteiger partial charge in [-0.15, -0.1) is 6.58 Å². The monoisotopic (exact) mass is 493 g/mol. The summed E-state index contributed by atoms with van der Waals surface area (Å²) < 4.78 is 11.2. The van der Waals surface area contributed by atoms with Crippen molar-refractivity contribution in [2.75, 3.05) is 6.54 Å². The van der Waals surface area contributed by atoms with Crippen LogP contribution >= 0.6 is 23.2 Å². The van der Waals surface area contributed by atoms with Crippen molar-refractivity contribution in [2.45, 2.75) is 13.2 Å². The Labute approximate surface area is 207 Å². The second-order valence-corrected chi connectivity index (χ2v) is 8.24. The minimum absolute atomic E-state index is 0.135. The average Bonchev–Trinajstić information content (AvgIpc) is 3.32. The Morgan fingerprint density at radius 3 is 2.62 bits per heavy atom. The fourth-order valence-corrected chi connectivity index (χ4v) is 3.57. The zero-order valence-electron chi connectivity index (χ0n) is 18.2. The summed E-state index contributed by atoms with van der Waals surface area (Å²) in [6, 6.07) is 21.6. The standard InChI is InChI=1S/C26H21Cl2N3O3/c1-2-14-31(16-24-29-25(30-34-24)18-10-12-21(27)13-11-18)26(32)19-7-5-8-22(15-19)33-17-20-6-3-4-9-23(20)28/h2-13,15H,1,14,16-17H2. The van der Waals surface area contributed by atoms with Crippen molar-refractivity contribution in [1.82, 2.24) is 15.0 Å². The molecule has 172 valence electrons. The van der Waals surface area contributed by atoms with E-state index in [0.717, 1.165) is 11.1 Å². The SMILES string of the molecule is C=CCN(Cc1nc(-c2ccc(Cl)cc2)no1)C(=O)c1cccc(OCc2ccccc2Cl)c1. The van der Waals surface area contributed by atoms with Gasteiger partial charge in [-0.05, 0) is 48.5 Å². The third-order valence-electron chi connectivity index (χ3n) is 4.97. The molecule has 34 heavy (non-hydrogen) atoms. The van der Waals surface area contributed by atoms with Gasteiger partial charge >= 0.3 is 0 Å². The van der Waals surface area contributed by atoms with E-state index in [9.17, 15) is 4.79 Å². The summed E-state index contributed by atoms with van der Waals surface area (Å²) in [5.41, 5.74) is 2.10. The Balaban J connectivity index is 1.46. The van der Waals surface area contributed by atoms with E-state index in [1.165, 1.54) is 0 Å². The summed E-state index contributed by atoms with van der Waals surface area (Å²) in [5, 5.41) is 5.26. The average molecular weight is 494 g/mol. The number of carbonyl (C=O) groups excluding carboxylic acids is 1. The van der Waals surface area contributed by atoms with E-state index in [0.29, 0.717) is 46.2 Å². The van der Waals surface area contributed by atoms with E-state index >= 15 is 0 Å². The van der Waals surface area contributed by atoms with E-state index in [-0.39, 0.29) is 12.5 Å². The van der Waals surface area contributed by atoms with Crippen molar-refractivity contribution in [3.05, 3.63) is 113 Å². The highest BCUT2D eigenvalue weighted by Crippen LogP contribution is 2.22. The number of amides is 1. The largest absolute Gasteiger partial charge is 0.489 e. The van der Waals surface area contributed by atoms with Crippen molar-refractivity contribution in [2.24, 2.45) is 0 Å². The number of benzene rings is 3. The van der Waals surface area contributed by atoms with Gasteiger partial charge in [0.25, 0.3) is 5.91 Å². The molecular weight excluding hydrogens is 473 g/mol. The van der Waals surface area contributed by atoms with Crippen LogP contribution in [-0.2, 0) is 13.2 Å². The predicted octanol–water partition coefficient (Wildman–Crippen LogP) is 6.45. The Bertz CT molecular complexity index is 1290. The zero-order valence-corrected chi connectivity index (χ0v) is 19.7. The fourth-order valence-electron chi connectivity index (χ4n) is 3.25. The van der Waals surface area contributed by atoms with Crippen LogP contribution < -0.4 is 4.74 Å². The van der Waals surface area contributed by atoms with Crippen molar-refractivity contribution in [1.29, 1.82) is 0 Å². The number of nitrogens with zero attached hydrogens (tertiary/aromatic N) is 3. The maximum Gasteiger partial charge on any atom is 0.254 e. The molecule has 0 N–H and O–H groups in total. The molecule has 6 nitrogen and oxygen atoms in total. The van der Waals surface area contributed by atoms with Crippen LogP contribution in [-0.4, -0.2) is 27.5 Å². The number of halogens is 2. The molecule has 8 heteroatoms. The van der Waals surface area contributed by atoms with Gasteiger partial charge in [0.05, 0.1) is 0 Å². The molecule has 0 bridgehead atoms. The van der Waals surface area contributed by atoms with E-state index in [4.69, 9.17) is 32.5 Å². The number of carbonyl (C=O) groups is 1. The van der Waals surface area contributed by atoms with E-state index in [1.807, 2.05) is 24.3 Å². The molecule has 0 radical (unpaired) electrons. The second-order valence-electron chi connectivity index (χ2n) is 7.40. The quantitative estimate of drug-likeness (QED) is 0.250. The van der Waals surface area contributed by atoms with Crippen LogP contribution in [0.1, 0.15) is 21.8 Å². The van der Waals surface area contributed by atoms with Crippen LogP contribution in [0.25, 0.3) is 11.4 Å². The maximum absolute atomic E-state index is 13.2. The first kappa shape index (κ1) is 23.5. The molecule has 1 heterocycles. The lowest BCUT2D eigenvalue weighted by molar-refractivity contribution is 0.0745. The van der Waals surface area contributed by atoms with Gasteiger partial charge in [-0.1, -0.05) is 58.7 Å². The molecule has 0 aliphatic carbocycles. The summed E-state index contributed by atoms with van der Waals surface area (Å²) in [6.45, 7) is 4.50. The molecule has 0 saturated carbocycles. The number of hydrogen-bond acceptors (Lipinski definition) is 5. The summed E-state index contributed by atoms with van der Waals surface area (Å²) in [4.78, 5) is 19.2. The van der Waals surface area contributed by atoms with Gasteiger partial charge in [-0.2, -0.15) is 4.98 Å². The predicted molar refractivity (Wildman–Crippen MR) is 132 cm³/mol. The molecule has 0 fully saturated rings. The van der Waals surface area contributed by atoms with E-state index in [1.54, 1.807) is 59.5 Å². The Kier molecular flexibility index (Phi) is 7.62. The molecule has 3 aromatic carbocycles. The fraction of sp³-hybridized carbons (Fsp3) is 0.115.